The molecule has 0 unspecified atom stereocenters. The Labute approximate surface area is 108 Å². The Bertz CT molecular complexity index is 404. The molecule has 0 amide bonds. The van der Waals surface area contributed by atoms with Crippen molar-refractivity contribution in [3.8, 4) is 0 Å². The maximum Gasteiger partial charge on any atom is 0.389 e. The largest absolute Gasteiger partial charge is 0.389 e. The van der Waals surface area contributed by atoms with Gasteiger partial charge in [-0.3, -0.25) is 10.1 Å². The summed E-state index contributed by atoms with van der Waals surface area (Å²) in [5.74, 6) is 0. The molecule has 0 fully saturated rings. The standard InChI is InChI=1S/C12H15F3N2O2/c13-12(14,15)7-1-8-16-9-6-10-2-4-11(5-3-10)17(18)19/h2-5,16H,1,6-9H2. The lowest BCUT2D eigenvalue weighted by Crippen LogP contribution is -2.20. The number of nitrogens with one attached hydrogen (secondary N) is 1. The predicted molar refractivity (Wildman–Crippen MR) is 65.0 cm³/mol. The molecule has 1 rings (SSSR count). The molecular weight excluding hydrogens is 261 g/mol. The summed E-state index contributed by atoms with van der Waals surface area (Å²) in [6.07, 6.45) is -4.19. The molecule has 0 aliphatic carbocycles. The fraction of sp³-hybridized carbons (Fsp3) is 0.500. The van der Waals surface area contributed by atoms with Crippen molar-refractivity contribution in [2.24, 2.45) is 0 Å². The normalized spacial score (nSPS) is 11.5. The molecule has 0 aliphatic heterocycles. The van der Waals surface area contributed by atoms with Crippen molar-refractivity contribution in [1.82, 2.24) is 5.32 Å². The van der Waals surface area contributed by atoms with Crippen LogP contribution < -0.4 is 5.32 Å². The van der Waals surface area contributed by atoms with Gasteiger partial charge in [-0.2, -0.15) is 13.2 Å². The lowest BCUT2D eigenvalue weighted by atomic mass is 10.1. The van der Waals surface area contributed by atoms with Crippen molar-refractivity contribution >= 4 is 5.69 Å². The van der Waals surface area contributed by atoms with Gasteiger partial charge < -0.3 is 5.32 Å². The van der Waals surface area contributed by atoms with Gasteiger partial charge in [-0.05, 0) is 31.5 Å². The van der Waals surface area contributed by atoms with E-state index >= 15 is 0 Å². The zero-order valence-electron chi connectivity index (χ0n) is 10.2. The molecule has 1 aromatic rings. The van der Waals surface area contributed by atoms with Crippen LogP contribution in [0.25, 0.3) is 0 Å². The zero-order chi connectivity index (χ0) is 14.3. The number of nitro benzene ring substituents is 1. The van der Waals surface area contributed by atoms with Gasteiger partial charge in [-0.15, -0.1) is 0 Å². The van der Waals surface area contributed by atoms with Crippen LogP contribution in [0.4, 0.5) is 18.9 Å². The Morgan fingerprint density at radius 2 is 1.79 bits per heavy atom. The lowest BCUT2D eigenvalue weighted by molar-refractivity contribution is -0.384. The highest BCUT2D eigenvalue weighted by Gasteiger charge is 2.25. The van der Waals surface area contributed by atoms with Crippen molar-refractivity contribution < 1.29 is 18.1 Å². The zero-order valence-corrected chi connectivity index (χ0v) is 10.2. The number of non-ortho nitro benzene ring substituents is 1. The van der Waals surface area contributed by atoms with Gasteiger partial charge in [0.15, 0.2) is 0 Å². The Balaban J connectivity index is 2.17. The van der Waals surface area contributed by atoms with E-state index in [0.717, 1.165) is 5.56 Å². The summed E-state index contributed by atoms with van der Waals surface area (Å²) >= 11 is 0. The molecule has 0 saturated carbocycles. The Morgan fingerprint density at radius 1 is 1.16 bits per heavy atom. The molecule has 0 atom stereocenters. The van der Waals surface area contributed by atoms with Gasteiger partial charge in [0.1, 0.15) is 0 Å². The average molecular weight is 276 g/mol. The fourth-order valence-corrected chi connectivity index (χ4v) is 1.56. The second-order valence-electron chi connectivity index (χ2n) is 4.14. The van der Waals surface area contributed by atoms with Crippen LogP contribution in [0.5, 0.6) is 0 Å². The molecule has 0 aliphatic rings. The highest BCUT2D eigenvalue weighted by molar-refractivity contribution is 5.32. The summed E-state index contributed by atoms with van der Waals surface area (Å²) in [6, 6.07) is 6.13. The van der Waals surface area contributed by atoms with E-state index in [0.29, 0.717) is 19.5 Å². The molecule has 0 bridgehead atoms. The van der Waals surface area contributed by atoms with Crippen molar-refractivity contribution in [2.45, 2.75) is 25.4 Å². The van der Waals surface area contributed by atoms with Gasteiger partial charge in [0, 0.05) is 18.6 Å². The molecule has 0 saturated heterocycles. The highest BCUT2D eigenvalue weighted by Crippen LogP contribution is 2.20. The van der Waals surface area contributed by atoms with E-state index in [4.69, 9.17) is 0 Å². The summed E-state index contributed by atoms with van der Waals surface area (Å²) in [5, 5.41) is 13.3. The van der Waals surface area contributed by atoms with Gasteiger partial charge in [0.25, 0.3) is 5.69 Å². The summed E-state index contributed by atoms with van der Waals surface area (Å²) in [6.45, 7) is 0.863. The highest BCUT2D eigenvalue weighted by atomic mass is 19.4. The number of halogens is 3. The number of alkyl halides is 3. The van der Waals surface area contributed by atoms with Gasteiger partial charge in [0.05, 0.1) is 4.92 Å². The average Bonchev–Trinajstić information content (AvgIpc) is 2.33. The van der Waals surface area contributed by atoms with Gasteiger partial charge in [-0.1, -0.05) is 12.1 Å². The number of nitro groups is 1. The van der Waals surface area contributed by atoms with E-state index < -0.39 is 17.5 Å². The van der Waals surface area contributed by atoms with Crippen LogP contribution in [-0.4, -0.2) is 24.2 Å². The molecule has 0 heterocycles. The predicted octanol–water partition coefficient (Wildman–Crippen LogP) is 3.07. The van der Waals surface area contributed by atoms with Crippen LogP contribution in [-0.2, 0) is 6.42 Å². The molecule has 1 N–H and O–H groups in total. The SMILES string of the molecule is O=[N+]([O-])c1ccc(CCNCCCC(F)(F)F)cc1. The molecule has 0 spiro atoms. The smallest absolute Gasteiger partial charge is 0.316 e. The van der Waals surface area contributed by atoms with E-state index in [2.05, 4.69) is 5.32 Å². The topological polar surface area (TPSA) is 55.2 Å². The molecule has 4 nitrogen and oxygen atoms in total. The van der Waals surface area contributed by atoms with Crippen molar-refractivity contribution in [2.75, 3.05) is 13.1 Å². The third kappa shape index (κ3) is 6.76. The van der Waals surface area contributed by atoms with Crippen molar-refractivity contribution in [3.05, 3.63) is 39.9 Å². The summed E-state index contributed by atoms with van der Waals surface area (Å²) in [4.78, 5) is 9.95. The van der Waals surface area contributed by atoms with Crippen LogP contribution >= 0.6 is 0 Å². The van der Waals surface area contributed by atoms with E-state index in [9.17, 15) is 23.3 Å². The second kappa shape index (κ2) is 7.08. The second-order valence-corrected chi connectivity index (χ2v) is 4.14. The molecule has 7 heteroatoms. The van der Waals surface area contributed by atoms with Gasteiger partial charge >= 0.3 is 6.18 Å². The first kappa shape index (κ1) is 15.4. The summed E-state index contributed by atoms with van der Waals surface area (Å²) in [5.41, 5.74) is 0.941. The molecule has 0 radical (unpaired) electrons. The third-order valence-electron chi connectivity index (χ3n) is 2.55. The third-order valence-corrected chi connectivity index (χ3v) is 2.55. The van der Waals surface area contributed by atoms with Crippen LogP contribution in [0.3, 0.4) is 0 Å². The number of hydrogen-bond donors (Lipinski definition) is 1. The maximum atomic E-state index is 11.9. The Kier molecular flexibility index (Phi) is 5.75. The van der Waals surface area contributed by atoms with Crippen LogP contribution in [0, 0.1) is 10.1 Å². The van der Waals surface area contributed by atoms with Crippen molar-refractivity contribution in [1.29, 1.82) is 0 Å². The molecule has 1 aromatic carbocycles. The summed E-state index contributed by atoms with van der Waals surface area (Å²) < 4.78 is 35.6. The van der Waals surface area contributed by atoms with Crippen LogP contribution in [0.15, 0.2) is 24.3 Å². The fourth-order valence-electron chi connectivity index (χ4n) is 1.56. The minimum atomic E-state index is -4.10. The molecule has 19 heavy (non-hydrogen) atoms. The quantitative estimate of drug-likeness (QED) is 0.473. The minimum Gasteiger partial charge on any atom is -0.316 e. The maximum absolute atomic E-state index is 11.9. The number of hydrogen-bond acceptors (Lipinski definition) is 3. The Morgan fingerprint density at radius 3 is 2.32 bits per heavy atom. The van der Waals surface area contributed by atoms with Gasteiger partial charge in [0.2, 0.25) is 0 Å². The van der Waals surface area contributed by atoms with Gasteiger partial charge in [-0.25, -0.2) is 0 Å². The minimum absolute atomic E-state index is 0.0295. The monoisotopic (exact) mass is 276 g/mol. The van der Waals surface area contributed by atoms with E-state index in [1.807, 2.05) is 0 Å². The Hall–Kier alpha value is -1.63. The number of nitrogens with zero attached hydrogens (tertiary/aromatic N) is 1. The molecule has 0 aromatic heterocycles. The first-order valence-electron chi connectivity index (χ1n) is 5.89. The van der Waals surface area contributed by atoms with Crippen LogP contribution in [0.2, 0.25) is 0 Å². The van der Waals surface area contributed by atoms with Crippen LogP contribution in [0.1, 0.15) is 18.4 Å². The first-order chi connectivity index (χ1) is 8.88. The van der Waals surface area contributed by atoms with E-state index in [-0.39, 0.29) is 12.1 Å². The van der Waals surface area contributed by atoms with E-state index in [1.54, 1.807) is 12.1 Å². The lowest BCUT2D eigenvalue weighted by Gasteiger charge is -2.07. The molecule has 106 valence electrons. The molecular formula is C12H15F3N2O2. The van der Waals surface area contributed by atoms with E-state index in [1.165, 1.54) is 12.1 Å². The van der Waals surface area contributed by atoms with Crippen molar-refractivity contribution in [3.63, 3.8) is 0 Å². The summed E-state index contributed by atoms with van der Waals surface area (Å²) in [7, 11) is 0. The number of rotatable bonds is 7. The first-order valence-corrected chi connectivity index (χ1v) is 5.89. The number of benzene rings is 1.